The first-order chi connectivity index (χ1) is 39.1. The van der Waals surface area contributed by atoms with Crippen LogP contribution >= 0.6 is 0 Å². The Morgan fingerprint density at radius 2 is 0.785 bits per heavy atom. The smallest absolute Gasteiger partial charge is 0.0110 e. The van der Waals surface area contributed by atoms with Crippen LogP contribution in [0.2, 0.25) is 0 Å². The van der Waals surface area contributed by atoms with Crippen LogP contribution in [0.15, 0.2) is 236 Å². The van der Waals surface area contributed by atoms with Crippen LogP contribution in [0.5, 0.6) is 0 Å². The third-order valence-electron chi connectivity index (χ3n) is 19.8. The molecule has 4 aliphatic carbocycles. The third kappa shape index (κ3) is 5.35. The molecule has 79 heavy (non-hydrogen) atoms. The summed E-state index contributed by atoms with van der Waals surface area (Å²) in [5.41, 5.74) is 22.2. The fraction of sp³-hybridized carbons (Fsp3) is 0.0886. The number of benzene rings is 13. The Morgan fingerprint density at radius 1 is 0.342 bits per heavy atom. The molecule has 15 aromatic rings. The van der Waals surface area contributed by atoms with Gasteiger partial charge < -0.3 is 0 Å². The molecule has 2 unspecified atom stereocenters. The average molecular weight is 999 g/mol. The van der Waals surface area contributed by atoms with Gasteiger partial charge in [-0.2, -0.15) is 0 Å². The van der Waals surface area contributed by atoms with Gasteiger partial charge in [-0.1, -0.05) is 225 Å². The Kier molecular flexibility index (Phi) is 8.23. The summed E-state index contributed by atoms with van der Waals surface area (Å²) in [5, 5.41) is 24.4. The van der Waals surface area contributed by atoms with Gasteiger partial charge in [0.1, 0.15) is 0 Å². The number of rotatable bonds is 4. The van der Waals surface area contributed by atoms with E-state index in [9.17, 15) is 0 Å². The third-order valence-corrected chi connectivity index (χ3v) is 19.8. The molecule has 0 bridgehead atoms. The zero-order valence-electron chi connectivity index (χ0n) is 43.8. The largest absolute Gasteiger partial charge is 0.0867 e. The van der Waals surface area contributed by atoms with Gasteiger partial charge in [0.05, 0.1) is 0 Å². The summed E-state index contributed by atoms with van der Waals surface area (Å²) in [6.45, 7) is 2.57. The highest BCUT2D eigenvalue weighted by molar-refractivity contribution is 6.54. The van der Waals surface area contributed by atoms with Crippen molar-refractivity contribution >= 4 is 103 Å². The predicted octanol–water partition coefficient (Wildman–Crippen LogP) is 22.3. The molecule has 0 aliphatic heterocycles. The van der Waals surface area contributed by atoms with Crippen LogP contribution < -0.4 is 0 Å². The van der Waals surface area contributed by atoms with Crippen LogP contribution in [0.4, 0.5) is 0 Å². The average Bonchev–Trinajstić information content (AvgIpc) is 2.75. The van der Waals surface area contributed by atoms with E-state index in [1.54, 1.807) is 16.7 Å². The summed E-state index contributed by atoms with van der Waals surface area (Å²) in [6.07, 6.45) is 9.65. The quantitative estimate of drug-likeness (QED) is 0.122. The van der Waals surface area contributed by atoms with E-state index in [1.807, 2.05) is 0 Å². The molecule has 0 aromatic heterocycles. The van der Waals surface area contributed by atoms with E-state index in [-0.39, 0.29) is 11.3 Å². The second-order valence-electron chi connectivity index (χ2n) is 23.7. The van der Waals surface area contributed by atoms with Gasteiger partial charge in [-0.25, -0.2) is 0 Å². The van der Waals surface area contributed by atoms with Gasteiger partial charge in [0, 0.05) is 11.3 Å². The summed E-state index contributed by atoms with van der Waals surface area (Å²) < 4.78 is 0. The molecule has 0 heteroatoms. The van der Waals surface area contributed by atoms with E-state index in [2.05, 4.69) is 237 Å². The maximum Gasteiger partial charge on any atom is 0.0110 e. The van der Waals surface area contributed by atoms with Crippen LogP contribution in [-0.4, -0.2) is 0 Å². The Morgan fingerprint density at radius 3 is 1.33 bits per heavy atom. The van der Waals surface area contributed by atoms with Crippen molar-refractivity contribution < 1.29 is 0 Å². The molecule has 19 rings (SSSR count). The molecular formula is C79H50. The fourth-order valence-electron chi connectivity index (χ4n) is 17.0. The molecular weight excluding hydrogens is 949 g/mol. The first kappa shape index (κ1) is 42.7. The van der Waals surface area contributed by atoms with E-state index in [4.69, 9.17) is 0 Å². The lowest BCUT2D eigenvalue weighted by molar-refractivity contribution is 0.400. The molecule has 15 aromatic carbocycles. The lowest BCUT2D eigenvalue weighted by Gasteiger charge is -2.39. The minimum absolute atomic E-state index is 0.00685. The molecule has 0 nitrogen and oxygen atoms in total. The van der Waals surface area contributed by atoms with Gasteiger partial charge in [-0.15, -0.1) is 0 Å². The van der Waals surface area contributed by atoms with Crippen LogP contribution in [0, 0.1) is 5.41 Å². The zero-order chi connectivity index (χ0) is 51.4. The van der Waals surface area contributed by atoms with Gasteiger partial charge in [-0.05, 0) is 224 Å². The number of allylic oxidation sites excluding steroid dienone is 4. The topological polar surface area (TPSA) is 0 Å². The van der Waals surface area contributed by atoms with E-state index >= 15 is 0 Å². The number of fused-ring (bicyclic) bond motifs is 20. The van der Waals surface area contributed by atoms with E-state index in [0.717, 1.165) is 12.8 Å². The standard InChI is InChI=1S/C79H50/c1-79-40-16-38-59-72-68-55-34-12-24-48-27-15-37-58(63(48)55)71(68)76-64(51-30-8-28-49(42-51)44-18-4-2-5-19-44)74-69-56-35-13-25-46-22-10-32-53(61(46)56)66(69)67-54-33-11-23-47-26-14-36-57(62(47)54)70(67)75(74)65(77(76)73(72)60(78(59)79)39-17-41-79)52-31-9-29-50(43-52)45-20-6-3-7-21-45/h2-15,17-37,41-43,60H,16,38-40H2,1H3. The van der Waals surface area contributed by atoms with Crippen LogP contribution in [-0.2, 0) is 0 Å². The molecule has 366 valence electrons. The van der Waals surface area contributed by atoms with Crippen molar-refractivity contribution in [2.45, 2.75) is 38.5 Å². The fourth-order valence-corrected chi connectivity index (χ4v) is 17.0. The van der Waals surface area contributed by atoms with Gasteiger partial charge in [0.15, 0.2) is 0 Å². The first-order valence-electron chi connectivity index (χ1n) is 28.7. The van der Waals surface area contributed by atoms with Crippen molar-refractivity contribution in [3.63, 3.8) is 0 Å². The number of hydrogen-bond acceptors (Lipinski definition) is 0. The summed E-state index contributed by atoms with van der Waals surface area (Å²) >= 11 is 0. The highest BCUT2D eigenvalue weighted by Crippen LogP contribution is 2.69. The SMILES string of the molecule is CC12C=CCC3C1=C(CCC2)c1c2c(c4c(-c5cccc(-c6ccccc6)c5)c5c(c(-c6cccc(-c7ccccc7)c6)c4c13)c1c3cccc4cccc(c43)c1c1c3cccc4cccc(c43)c51)-c1cccc3cccc-2c13. The van der Waals surface area contributed by atoms with Gasteiger partial charge in [0.25, 0.3) is 0 Å². The Balaban J connectivity index is 1.18. The Labute approximate surface area is 457 Å². The molecule has 0 amide bonds. The minimum atomic E-state index is -0.00685. The van der Waals surface area contributed by atoms with Crippen molar-refractivity contribution in [1.82, 2.24) is 0 Å². The Hall–Kier alpha value is -9.36. The van der Waals surface area contributed by atoms with Crippen molar-refractivity contribution in [3.05, 3.63) is 247 Å². The van der Waals surface area contributed by atoms with Gasteiger partial charge in [-0.3, -0.25) is 0 Å². The second-order valence-corrected chi connectivity index (χ2v) is 23.7. The maximum absolute atomic E-state index is 2.61. The van der Waals surface area contributed by atoms with Crippen molar-refractivity contribution in [2.75, 3.05) is 0 Å². The Bertz CT molecular complexity index is 5280. The van der Waals surface area contributed by atoms with E-state index in [1.165, 1.54) is 182 Å². The summed E-state index contributed by atoms with van der Waals surface area (Å²) in [4.78, 5) is 0. The van der Waals surface area contributed by atoms with Crippen LogP contribution in [0.1, 0.15) is 49.7 Å². The summed E-state index contributed by atoms with van der Waals surface area (Å²) in [5.74, 6) is 0.245. The van der Waals surface area contributed by atoms with Gasteiger partial charge >= 0.3 is 0 Å². The lowest BCUT2D eigenvalue weighted by Crippen LogP contribution is -2.25. The second kappa shape index (κ2) is 15.2. The maximum atomic E-state index is 2.61. The molecule has 0 saturated carbocycles. The summed E-state index contributed by atoms with van der Waals surface area (Å²) in [6, 6.07) is 84.2. The zero-order valence-corrected chi connectivity index (χ0v) is 43.8. The van der Waals surface area contributed by atoms with Crippen LogP contribution in [0.25, 0.3) is 169 Å². The van der Waals surface area contributed by atoms with Crippen molar-refractivity contribution in [2.24, 2.45) is 5.41 Å². The van der Waals surface area contributed by atoms with Crippen LogP contribution in [0.3, 0.4) is 0 Å². The lowest BCUT2D eigenvalue weighted by atomic mass is 9.65. The van der Waals surface area contributed by atoms with E-state index in [0.29, 0.717) is 0 Å². The number of hydrogen-bond donors (Lipinski definition) is 0. The molecule has 4 aliphatic rings. The highest BCUT2D eigenvalue weighted by Gasteiger charge is 2.48. The van der Waals surface area contributed by atoms with E-state index < -0.39 is 0 Å². The van der Waals surface area contributed by atoms with Gasteiger partial charge in [0.2, 0.25) is 0 Å². The normalized spacial score (nSPS) is 17.3. The molecule has 0 N–H and O–H groups in total. The molecule has 0 saturated heterocycles. The van der Waals surface area contributed by atoms with Crippen molar-refractivity contribution in [3.8, 4) is 66.8 Å². The molecule has 0 spiro atoms. The first-order valence-corrected chi connectivity index (χ1v) is 28.7. The highest BCUT2D eigenvalue weighted by atomic mass is 14.5. The monoisotopic (exact) mass is 998 g/mol. The minimum Gasteiger partial charge on any atom is -0.0867 e. The molecule has 0 radical (unpaired) electrons. The predicted molar refractivity (Wildman–Crippen MR) is 338 cm³/mol. The molecule has 0 heterocycles. The summed E-state index contributed by atoms with van der Waals surface area (Å²) in [7, 11) is 0. The van der Waals surface area contributed by atoms with Crippen molar-refractivity contribution in [1.29, 1.82) is 0 Å². The molecule has 0 fully saturated rings. The molecule has 2 atom stereocenters.